The van der Waals surface area contributed by atoms with E-state index in [-0.39, 0.29) is 4.90 Å². The lowest BCUT2D eigenvalue weighted by Gasteiger charge is -2.10. The molecule has 0 saturated heterocycles. The number of sulfone groups is 1. The van der Waals surface area contributed by atoms with Crippen molar-refractivity contribution in [2.45, 2.75) is 4.90 Å². The summed E-state index contributed by atoms with van der Waals surface area (Å²) in [7, 11) is -3.22. The van der Waals surface area contributed by atoms with Gasteiger partial charge in [0.05, 0.1) is 16.3 Å². The largest absolute Gasteiger partial charge is 0.397 e. The SMILES string of the molecule is CS(=O)(=O)c1ccc(Nc2ccc(C(N)=O)cc2N)cc1. The minimum atomic E-state index is -3.22. The fourth-order valence-electron chi connectivity index (χ4n) is 1.77. The van der Waals surface area contributed by atoms with E-state index in [9.17, 15) is 13.2 Å². The van der Waals surface area contributed by atoms with Gasteiger partial charge in [0.25, 0.3) is 0 Å². The van der Waals surface area contributed by atoms with Gasteiger partial charge in [-0.3, -0.25) is 4.79 Å². The monoisotopic (exact) mass is 305 g/mol. The molecular formula is C14H15N3O3S. The molecule has 0 spiro atoms. The number of nitrogens with two attached hydrogens (primary N) is 2. The van der Waals surface area contributed by atoms with Gasteiger partial charge in [0, 0.05) is 17.5 Å². The highest BCUT2D eigenvalue weighted by Crippen LogP contribution is 2.25. The number of amides is 1. The third kappa shape index (κ3) is 3.51. The quantitative estimate of drug-likeness (QED) is 0.741. The van der Waals surface area contributed by atoms with Gasteiger partial charge < -0.3 is 16.8 Å². The summed E-state index contributed by atoms with van der Waals surface area (Å²) in [6, 6.07) is 11.0. The summed E-state index contributed by atoms with van der Waals surface area (Å²) < 4.78 is 22.7. The molecule has 0 aliphatic rings. The first-order valence-electron chi connectivity index (χ1n) is 6.04. The molecule has 6 nitrogen and oxygen atoms in total. The van der Waals surface area contributed by atoms with E-state index in [1.807, 2.05) is 0 Å². The van der Waals surface area contributed by atoms with Gasteiger partial charge in [-0.25, -0.2) is 8.42 Å². The third-order valence-electron chi connectivity index (χ3n) is 2.90. The molecule has 0 saturated carbocycles. The minimum absolute atomic E-state index is 0.241. The zero-order chi connectivity index (χ0) is 15.6. The van der Waals surface area contributed by atoms with Crippen molar-refractivity contribution >= 4 is 32.8 Å². The average molecular weight is 305 g/mol. The van der Waals surface area contributed by atoms with E-state index in [0.717, 1.165) is 6.26 Å². The minimum Gasteiger partial charge on any atom is -0.397 e. The van der Waals surface area contributed by atoms with Crippen LogP contribution in [0.3, 0.4) is 0 Å². The summed E-state index contributed by atoms with van der Waals surface area (Å²) in [6.07, 6.45) is 1.15. The van der Waals surface area contributed by atoms with Crippen LogP contribution in [0.25, 0.3) is 0 Å². The van der Waals surface area contributed by atoms with E-state index in [0.29, 0.717) is 22.6 Å². The lowest BCUT2D eigenvalue weighted by molar-refractivity contribution is 0.100. The van der Waals surface area contributed by atoms with Crippen LogP contribution in [-0.2, 0) is 9.84 Å². The highest BCUT2D eigenvalue weighted by atomic mass is 32.2. The van der Waals surface area contributed by atoms with Gasteiger partial charge in [-0.2, -0.15) is 0 Å². The maximum Gasteiger partial charge on any atom is 0.248 e. The summed E-state index contributed by atoms with van der Waals surface area (Å²) in [5.41, 5.74) is 13.0. The molecule has 2 aromatic carbocycles. The van der Waals surface area contributed by atoms with Gasteiger partial charge in [0.15, 0.2) is 9.84 Å². The molecule has 21 heavy (non-hydrogen) atoms. The van der Waals surface area contributed by atoms with Crippen molar-refractivity contribution in [2.24, 2.45) is 5.73 Å². The Morgan fingerprint density at radius 1 is 1.10 bits per heavy atom. The molecule has 0 fully saturated rings. The maximum atomic E-state index is 11.4. The van der Waals surface area contributed by atoms with Crippen LogP contribution in [0, 0.1) is 0 Å². The van der Waals surface area contributed by atoms with Crippen LogP contribution in [-0.4, -0.2) is 20.6 Å². The van der Waals surface area contributed by atoms with Crippen LogP contribution >= 0.6 is 0 Å². The number of carbonyl (C=O) groups excluding carboxylic acids is 1. The van der Waals surface area contributed by atoms with Gasteiger partial charge in [0.1, 0.15) is 0 Å². The van der Waals surface area contributed by atoms with Gasteiger partial charge in [0.2, 0.25) is 5.91 Å². The van der Waals surface area contributed by atoms with Crippen LogP contribution in [0.5, 0.6) is 0 Å². The molecule has 1 amide bonds. The number of anilines is 3. The Bertz CT molecular complexity index is 784. The Morgan fingerprint density at radius 2 is 1.71 bits per heavy atom. The zero-order valence-corrected chi connectivity index (χ0v) is 12.1. The number of hydrogen-bond donors (Lipinski definition) is 3. The van der Waals surface area contributed by atoms with E-state index in [2.05, 4.69) is 5.32 Å². The Balaban J connectivity index is 2.24. The topological polar surface area (TPSA) is 115 Å². The van der Waals surface area contributed by atoms with Gasteiger partial charge >= 0.3 is 0 Å². The van der Waals surface area contributed by atoms with Crippen LogP contribution < -0.4 is 16.8 Å². The molecule has 0 atom stereocenters. The summed E-state index contributed by atoms with van der Waals surface area (Å²) in [5, 5.41) is 3.05. The van der Waals surface area contributed by atoms with Crippen molar-refractivity contribution in [3.8, 4) is 0 Å². The standard InChI is InChI=1S/C14H15N3O3S/c1-21(19,20)11-5-3-10(4-6-11)17-13-7-2-9(14(16)18)8-12(13)15/h2-8,17H,15H2,1H3,(H2,16,18). The fraction of sp³-hybridized carbons (Fsp3) is 0.0714. The number of primary amides is 1. The number of nitrogen functional groups attached to an aromatic ring is 1. The van der Waals surface area contributed by atoms with Crippen LogP contribution in [0.15, 0.2) is 47.4 Å². The fourth-order valence-corrected chi connectivity index (χ4v) is 2.40. The molecule has 0 unspecified atom stereocenters. The first kappa shape index (κ1) is 14.9. The van der Waals surface area contributed by atoms with Crippen LogP contribution in [0.2, 0.25) is 0 Å². The lowest BCUT2D eigenvalue weighted by atomic mass is 10.1. The molecular weight excluding hydrogens is 290 g/mol. The summed E-state index contributed by atoms with van der Waals surface area (Å²) in [4.78, 5) is 11.3. The lowest BCUT2D eigenvalue weighted by Crippen LogP contribution is -2.11. The predicted molar refractivity (Wildman–Crippen MR) is 82.2 cm³/mol. The number of nitrogens with one attached hydrogen (secondary N) is 1. The first-order valence-corrected chi connectivity index (χ1v) is 7.93. The van der Waals surface area contributed by atoms with Crippen molar-refractivity contribution in [3.05, 3.63) is 48.0 Å². The highest BCUT2D eigenvalue weighted by molar-refractivity contribution is 7.90. The van der Waals surface area contributed by atoms with Gasteiger partial charge in [-0.05, 0) is 42.5 Å². The molecule has 0 heterocycles. The van der Waals surface area contributed by atoms with Crippen molar-refractivity contribution < 1.29 is 13.2 Å². The molecule has 110 valence electrons. The Labute approximate surface area is 122 Å². The average Bonchev–Trinajstić information content (AvgIpc) is 2.40. The first-order chi connectivity index (χ1) is 9.77. The predicted octanol–water partition coefficient (Wildman–Crippen LogP) is 1.51. The number of carbonyl (C=O) groups is 1. The molecule has 5 N–H and O–H groups in total. The molecule has 0 aliphatic carbocycles. The van der Waals surface area contributed by atoms with Crippen molar-refractivity contribution in [1.29, 1.82) is 0 Å². The molecule has 0 aliphatic heterocycles. The smallest absolute Gasteiger partial charge is 0.248 e. The van der Waals surface area contributed by atoms with Crippen molar-refractivity contribution in [2.75, 3.05) is 17.3 Å². The maximum absolute atomic E-state index is 11.4. The summed E-state index contributed by atoms with van der Waals surface area (Å²) in [5.74, 6) is -0.550. The Morgan fingerprint density at radius 3 is 2.19 bits per heavy atom. The van der Waals surface area contributed by atoms with E-state index >= 15 is 0 Å². The Hall–Kier alpha value is -2.54. The van der Waals surface area contributed by atoms with E-state index in [1.165, 1.54) is 18.2 Å². The second-order valence-corrected chi connectivity index (χ2v) is 6.60. The van der Waals surface area contributed by atoms with Gasteiger partial charge in [-0.15, -0.1) is 0 Å². The molecule has 2 rings (SSSR count). The second-order valence-electron chi connectivity index (χ2n) is 4.59. The number of hydrogen-bond acceptors (Lipinski definition) is 5. The number of benzene rings is 2. The van der Waals surface area contributed by atoms with Crippen molar-refractivity contribution in [3.63, 3.8) is 0 Å². The second kappa shape index (κ2) is 5.45. The van der Waals surface area contributed by atoms with Crippen molar-refractivity contribution in [1.82, 2.24) is 0 Å². The number of rotatable bonds is 4. The summed E-state index contributed by atoms with van der Waals surface area (Å²) >= 11 is 0. The molecule has 0 bridgehead atoms. The zero-order valence-electron chi connectivity index (χ0n) is 11.3. The third-order valence-corrected chi connectivity index (χ3v) is 4.03. The van der Waals surface area contributed by atoms with E-state index < -0.39 is 15.7 Å². The van der Waals surface area contributed by atoms with Crippen LogP contribution in [0.1, 0.15) is 10.4 Å². The van der Waals surface area contributed by atoms with E-state index in [4.69, 9.17) is 11.5 Å². The summed E-state index contributed by atoms with van der Waals surface area (Å²) in [6.45, 7) is 0. The normalized spacial score (nSPS) is 11.1. The van der Waals surface area contributed by atoms with Crippen LogP contribution in [0.4, 0.5) is 17.1 Å². The highest BCUT2D eigenvalue weighted by Gasteiger charge is 2.08. The van der Waals surface area contributed by atoms with E-state index in [1.54, 1.807) is 24.3 Å². The van der Waals surface area contributed by atoms with Gasteiger partial charge in [-0.1, -0.05) is 0 Å². The molecule has 7 heteroatoms. The Kier molecular flexibility index (Phi) is 3.86. The molecule has 0 radical (unpaired) electrons. The molecule has 0 aromatic heterocycles. The molecule has 2 aromatic rings.